The van der Waals surface area contributed by atoms with Crippen molar-refractivity contribution in [3.63, 3.8) is 0 Å². The second kappa shape index (κ2) is 8.54. The van der Waals surface area contributed by atoms with E-state index in [4.69, 9.17) is 4.74 Å². The highest BCUT2D eigenvalue weighted by Gasteiger charge is 2.46. The minimum Gasteiger partial charge on any atom is -0.507 e. The van der Waals surface area contributed by atoms with Crippen LogP contribution in [0.5, 0.6) is 5.75 Å². The Kier molecular flexibility index (Phi) is 5.42. The molecule has 1 aromatic heterocycles. The minimum absolute atomic E-state index is 0.0661. The van der Waals surface area contributed by atoms with Crippen LogP contribution in [0, 0.1) is 0 Å². The third-order valence-corrected chi connectivity index (χ3v) is 6.19. The molecule has 2 aliphatic heterocycles. The molecule has 2 aromatic carbocycles. The number of pyridine rings is 1. The molecule has 0 aliphatic carbocycles. The lowest BCUT2D eigenvalue weighted by Gasteiger charge is -2.25. The Balaban J connectivity index is 1.56. The van der Waals surface area contributed by atoms with Crippen LogP contribution in [0.4, 0.5) is 0 Å². The monoisotopic (exact) mass is 440 g/mol. The highest BCUT2D eigenvalue weighted by Crippen LogP contribution is 2.40. The number of ketones is 1. The van der Waals surface area contributed by atoms with Gasteiger partial charge in [-0.2, -0.15) is 0 Å². The van der Waals surface area contributed by atoms with Crippen LogP contribution in [0.3, 0.4) is 0 Å². The van der Waals surface area contributed by atoms with Crippen LogP contribution >= 0.6 is 0 Å². The predicted octanol–water partition coefficient (Wildman–Crippen LogP) is 4.07. The molecule has 0 saturated carbocycles. The van der Waals surface area contributed by atoms with Crippen molar-refractivity contribution in [1.29, 1.82) is 0 Å². The van der Waals surface area contributed by atoms with Crippen LogP contribution < -0.4 is 4.74 Å². The predicted molar refractivity (Wildman–Crippen MR) is 124 cm³/mol. The largest absolute Gasteiger partial charge is 0.507 e. The quantitative estimate of drug-likeness (QED) is 0.368. The molecule has 5 rings (SSSR count). The molecule has 6 nitrogen and oxygen atoms in total. The second-order valence-electron chi connectivity index (χ2n) is 8.47. The number of rotatable bonds is 5. The number of hydrogen-bond acceptors (Lipinski definition) is 5. The maximum absolute atomic E-state index is 13.2. The Hall–Kier alpha value is -3.93. The molecule has 1 fully saturated rings. The summed E-state index contributed by atoms with van der Waals surface area (Å²) in [5, 5.41) is 11.3. The van der Waals surface area contributed by atoms with Crippen molar-refractivity contribution in [3.05, 3.63) is 101 Å². The summed E-state index contributed by atoms with van der Waals surface area (Å²) in [5.74, 6) is -0.683. The molecule has 33 heavy (non-hydrogen) atoms. The van der Waals surface area contributed by atoms with Gasteiger partial charge in [0.2, 0.25) is 0 Å². The van der Waals surface area contributed by atoms with Crippen molar-refractivity contribution in [1.82, 2.24) is 9.88 Å². The summed E-state index contributed by atoms with van der Waals surface area (Å²) in [6.07, 6.45) is 4.67. The number of benzene rings is 2. The third-order valence-electron chi connectivity index (χ3n) is 6.19. The highest BCUT2D eigenvalue weighted by molar-refractivity contribution is 6.46. The lowest BCUT2D eigenvalue weighted by Crippen LogP contribution is -2.31. The number of nitrogens with zero attached hydrogens (tertiary/aromatic N) is 2. The fourth-order valence-corrected chi connectivity index (χ4v) is 4.61. The molecular weight excluding hydrogens is 416 g/mol. The van der Waals surface area contributed by atoms with Gasteiger partial charge in [-0.1, -0.05) is 36.4 Å². The lowest BCUT2D eigenvalue weighted by molar-refractivity contribution is -0.139. The Bertz CT molecular complexity index is 1240. The molecule has 0 radical (unpaired) electrons. The van der Waals surface area contributed by atoms with Gasteiger partial charge in [0.05, 0.1) is 11.6 Å². The molecule has 1 saturated heterocycles. The van der Waals surface area contributed by atoms with Gasteiger partial charge in [0.25, 0.3) is 11.7 Å². The number of aliphatic hydroxyl groups is 1. The number of fused-ring (bicyclic) bond motifs is 1. The second-order valence-corrected chi connectivity index (χ2v) is 8.47. The van der Waals surface area contributed by atoms with Crippen molar-refractivity contribution in [2.45, 2.75) is 31.9 Å². The van der Waals surface area contributed by atoms with Gasteiger partial charge >= 0.3 is 0 Å². The van der Waals surface area contributed by atoms with Crippen molar-refractivity contribution >= 4 is 17.4 Å². The SMILES string of the molecule is C[C@H]1Cc2cc(C(O)=C3C(=O)C(=O)N(CCc4ccccc4)[C@@H]3c3cccnc3)ccc2O1. The van der Waals surface area contributed by atoms with Crippen LogP contribution in [-0.4, -0.2) is 39.3 Å². The molecule has 1 N–H and O–H groups in total. The molecule has 6 heteroatoms. The van der Waals surface area contributed by atoms with Crippen LogP contribution in [0.25, 0.3) is 5.76 Å². The summed E-state index contributed by atoms with van der Waals surface area (Å²) in [4.78, 5) is 32.0. The van der Waals surface area contributed by atoms with Gasteiger partial charge in [0, 0.05) is 30.9 Å². The first kappa shape index (κ1) is 20.9. The summed E-state index contributed by atoms with van der Waals surface area (Å²) in [6, 6.07) is 18.1. The average molecular weight is 440 g/mol. The van der Waals surface area contributed by atoms with Crippen molar-refractivity contribution in [3.8, 4) is 5.75 Å². The van der Waals surface area contributed by atoms with Crippen molar-refractivity contribution in [2.75, 3.05) is 6.54 Å². The van der Waals surface area contributed by atoms with Gasteiger partial charge in [-0.15, -0.1) is 0 Å². The zero-order valence-electron chi connectivity index (χ0n) is 18.3. The van der Waals surface area contributed by atoms with Crippen LogP contribution in [-0.2, 0) is 22.4 Å². The van der Waals surface area contributed by atoms with Crippen molar-refractivity contribution < 1.29 is 19.4 Å². The van der Waals surface area contributed by atoms with E-state index < -0.39 is 17.7 Å². The standard InChI is InChI=1S/C27H24N2O4/c1-17-14-21-15-19(9-10-22(21)33-17)25(30)23-24(20-8-5-12-28-16-20)29(27(32)26(23)31)13-11-18-6-3-2-4-7-18/h2-10,12,15-17,24,30H,11,13-14H2,1H3/t17-,24+/m0/s1. The summed E-state index contributed by atoms with van der Waals surface area (Å²) in [6.45, 7) is 2.33. The third kappa shape index (κ3) is 3.89. The molecule has 166 valence electrons. The normalized spacial score (nSPS) is 21.2. The van der Waals surface area contributed by atoms with E-state index in [0.717, 1.165) is 23.3 Å². The molecule has 2 aliphatic rings. The van der Waals surface area contributed by atoms with Gasteiger partial charge < -0.3 is 14.7 Å². The molecule has 3 aromatic rings. The first-order valence-electron chi connectivity index (χ1n) is 11.0. The first-order valence-corrected chi connectivity index (χ1v) is 11.0. The maximum atomic E-state index is 13.2. The van der Waals surface area contributed by atoms with Gasteiger partial charge in [-0.05, 0) is 54.3 Å². The minimum atomic E-state index is -0.703. The molecule has 0 bridgehead atoms. The number of amides is 1. The number of carbonyl (C=O) groups is 2. The molecule has 3 heterocycles. The van der Waals surface area contributed by atoms with Crippen LogP contribution in [0.15, 0.2) is 78.6 Å². The van der Waals surface area contributed by atoms with E-state index in [-0.39, 0.29) is 17.4 Å². The number of aliphatic hydroxyl groups excluding tert-OH is 1. The van der Waals surface area contributed by atoms with E-state index in [9.17, 15) is 14.7 Å². The molecule has 0 unspecified atom stereocenters. The Morgan fingerprint density at radius 3 is 2.70 bits per heavy atom. The summed E-state index contributed by atoms with van der Waals surface area (Å²) in [5.41, 5.74) is 3.32. The van der Waals surface area contributed by atoms with E-state index >= 15 is 0 Å². The molecule has 1 amide bonds. The topological polar surface area (TPSA) is 79.7 Å². The summed E-state index contributed by atoms with van der Waals surface area (Å²) in [7, 11) is 0. The van der Waals surface area contributed by atoms with Crippen LogP contribution in [0.2, 0.25) is 0 Å². The van der Waals surface area contributed by atoms with Gasteiger partial charge in [-0.3, -0.25) is 14.6 Å². The fraction of sp³-hybridized carbons (Fsp3) is 0.222. The average Bonchev–Trinajstić information content (AvgIpc) is 3.34. The lowest BCUT2D eigenvalue weighted by atomic mass is 9.95. The Labute approximate surface area is 192 Å². The maximum Gasteiger partial charge on any atom is 0.295 e. The number of Topliss-reactive ketones (excluding diaryl/α,β-unsaturated/α-hetero) is 1. The van der Waals surface area contributed by atoms with E-state index in [1.165, 1.54) is 4.90 Å². The van der Waals surface area contributed by atoms with Gasteiger partial charge in [0.1, 0.15) is 17.6 Å². The first-order chi connectivity index (χ1) is 16.0. The van der Waals surface area contributed by atoms with E-state index in [0.29, 0.717) is 24.1 Å². The summed E-state index contributed by atoms with van der Waals surface area (Å²) >= 11 is 0. The summed E-state index contributed by atoms with van der Waals surface area (Å²) < 4.78 is 5.75. The smallest absolute Gasteiger partial charge is 0.295 e. The molecule has 0 spiro atoms. The number of ether oxygens (including phenoxy) is 1. The molecule has 2 atom stereocenters. The van der Waals surface area contributed by atoms with E-state index in [2.05, 4.69) is 4.98 Å². The van der Waals surface area contributed by atoms with E-state index in [1.54, 1.807) is 30.6 Å². The Morgan fingerprint density at radius 2 is 1.94 bits per heavy atom. The highest BCUT2D eigenvalue weighted by atomic mass is 16.5. The number of aromatic nitrogens is 1. The zero-order valence-corrected chi connectivity index (χ0v) is 18.3. The van der Waals surface area contributed by atoms with Gasteiger partial charge in [0.15, 0.2) is 0 Å². The number of likely N-dealkylation sites (tertiary alicyclic amines) is 1. The fourth-order valence-electron chi connectivity index (χ4n) is 4.61. The zero-order chi connectivity index (χ0) is 22.9. The Morgan fingerprint density at radius 1 is 1.12 bits per heavy atom. The number of carbonyl (C=O) groups excluding carboxylic acids is 2. The molecular formula is C27H24N2O4. The number of hydrogen-bond donors (Lipinski definition) is 1. The van der Waals surface area contributed by atoms with Crippen LogP contribution in [0.1, 0.15) is 35.2 Å². The van der Waals surface area contributed by atoms with Gasteiger partial charge in [-0.25, -0.2) is 0 Å². The van der Waals surface area contributed by atoms with E-state index in [1.807, 2.05) is 49.4 Å². The van der Waals surface area contributed by atoms with Crippen molar-refractivity contribution in [2.24, 2.45) is 0 Å².